The molecule has 12 aromatic carbocycles. The zero-order valence-corrected chi connectivity index (χ0v) is 42.8. The molecule has 0 atom stereocenters. The molecule has 0 amide bonds. The highest BCUT2D eigenvalue weighted by Gasteiger charge is 2.40. The average Bonchev–Trinajstić information content (AvgIpc) is 3.92. The summed E-state index contributed by atoms with van der Waals surface area (Å²) in [4.78, 5) is 2.50. The molecule has 0 bridgehead atoms. The lowest BCUT2D eigenvalue weighted by Crippen LogP contribution is -2.18. The minimum atomic E-state index is -0.162. The Morgan fingerprint density at radius 1 is 0.257 bits per heavy atom. The first kappa shape index (κ1) is 43.1. The zero-order valence-electron chi connectivity index (χ0n) is 42.8. The molecule has 15 rings (SSSR count). The Balaban J connectivity index is 0.917. The van der Waals surface area contributed by atoms with Crippen LogP contribution in [0.15, 0.2) is 224 Å². The smallest absolute Gasteiger partial charge is 0.0468 e. The normalized spacial score (nSPS) is 14.9. The molecule has 352 valence electrons. The number of benzene rings is 12. The molecular weight excluding hydrogens is 891 g/mol. The molecule has 0 heterocycles. The molecule has 1 heteroatoms. The molecule has 0 saturated carbocycles. The third-order valence-corrected chi connectivity index (χ3v) is 17.8. The maximum atomic E-state index is 2.50. The van der Waals surface area contributed by atoms with E-state index in [9.17, 15) is 0 Å². The van der Waals surface area contributed by atoms with Gasteiger partial charge in [-0.1, -0.05) is 211 Å². The second kappa shape index (κ2) is 15.3. The Morgan fingerprint density at radius 2 is 0.662 bits per heavy atom. The molecule has 3 aliphatic carbocycles. The van der Waals surface area contributed by atoms with Crippen molar-refractivity contribution in [3.63, 3.8) is 0 Å². The van der Waals surface area contributed by atoms with Gasteiger partial charge in [0.25, 0.3) is 0 Å². The molecule has 1 nitrogen and oxygen atoms in total. The summed E-state index contributed by atoms with van der Waals surface area (Å²) in [6.45, 7) is 14.3. The van der Waals surface area contributed by atoms with E-state index in [-0.39, 0.29) is 16.2 Å². The van der Waals surface area contributed by atoms with E-state index in [1.165, 1.54) is 132 Å². The molecular formula is C73H55N. The van der Waals surface area contributed by atoms with Crippen LogP contribution in [0.25, 0.3) is 98.7 Å². The first-order valence-corrected chi connectivity index (χ1v) is 26.4. The highest BCUT2D eigenvalue weighted by molar-refractivity contribution is 6.24. The van der Waals surface area contributed by atoms with Crippen molar-refractivity contribution in [2.75, 3.05) is 4.90 Å². The standard InChI is InChI=1S/C73H55N/c1-71(2)63-27-14-11-20-52(63)55-36-34-50(42-66(55)71)74(51-35-37-56-53-21-12-15-28-64(53)72(3,4)67(56)43-51)49-33-32-46-38-48(31-30-47(46)39-49)68-57-23-9-10-24-58(57)69(62-41-45-19-8-7-18-44(45)40-61(62)68)60-26-17-25-59-54-22-13-16-29-65(54)73(5,6)70(59)60/h7-43H,1-6H3. The Hall–Kier alpha value is -8.52. The van der Waals surface area contributed by atoms with Gasteiger partial charge in [-0.05, 0) is 187 Å². The van der Waals surface area contributed by atoms with Gasteiger partial charge in [-0.3, -0.25) is 0 Å². The van der Waals surface area contributed by atoms with Crippen molar-refractivity contribution in [3.8, 4) is 55.6 Å². The van der Waals surface area contributed by atoms with Crippen LogP contribution in [-0.4, -0.2) is 0 Å². The summed E-state index contributed by atoms with van der Waals surface area (Å²) in [6.07, 6.45) is 0. The van der Waals surface area contributed by atoms with Gasteiger partial charge >= 0.3 is 0 Å². The van der Waals surface area contributed by atoms with Crippen molar-refractivity contribution < 1.29 is 0 Å². The van der Waals surface area contributed by atoms with E-state index in [0.717, 1.165) is 17.1 Å². The van der Waals surface area contributed by atoms with Gasteiger partial charge in [-0.2, -0.15) is 0 Å². The van der Waals surface area contributed by atoms with Gasteiger partial charge < -0.3 is 4.90 Å². The SMILES string of the molecule is CC1(C)c2ccccc2-c2ccc(N(c3ccc4c(c3)C(C)(C)c3ccccc3-4)c3ccc4cc(-c5c6ccccc6c(-c6cccc7c6C(C)(C)c6ccccc6-7)c6cc7ccccc7cc56)ccc4c3)cc21. The topological polar surface area (TPSA) is 3.24 Å². The lowest BCUT2D eigenvalue weighted by molar-refractivity contribution is 0.660. The molecule has 0 aliphatic heterocycles. The zero-order chi connectivity index (χ0) is 49.8. The van der Waals surface area contributed by atoms with Crippen LogP contribution >= 0.6 is 0 Å². The van der Waals surface area contributed by atoms with Gasteiger partial charge in [0.15, 0.2) is 0 Å². The summed E-state index contributed by atoms with van der Waals surface area (Å²) < 4.78 is 0. The maximum absolute atomic E-state index is 2.50. The number of nitrogens with zero attached hydrogens (tertiary/aromatic N) is 1. The number of hydrogen-bond donors (Lipinski definition) is 0. The van der Waals surface area contributed by atoms with Crippen LogP contribution in [0.4, 0.5) is 17.1 Å². The Morgan fingerprint density at radius 3 is 1.27 bits per heavy atom. The Kier molecular flexibility index (Phi) is 8.89. The summed E-state index contributed by atoms with van der Waals surface area (Å²) >= 11 is 0. The van der Waals surface area contributed by atoms with Gasteiger partial charge in [0.05, 0.1) is 0 Å². The number of fused-ring (bicyclic) bond motifs is 13. The lowest BCUT2D eigenvalue weighted by Gasteiger charge is -2.30. The second-order valence-corrected chi connectivity index (χ2v) is 22.8. The van der Waals surface area contributed by atoms with Gasteiger partial charge in [0, 0.05) is 33.3 Å². The van der Waals surface area contributed by atoms with Crippen molar-refractivity contribution in [2.24, 2.45) is 0 Å². The van der Waals surface area contributed by atoms with Crippen molar-refractivity contribution >= 4 is 60.2 Å². The number of hydrogen-bond acceptors (Lipinski definition) is 1. The molecule has 74 heavy (non-hydrogen) atoms. The molecule has 0 radical (unpaired) electrons. The summed E-state index contributed by atoms with van der Waals surface area (Å²) in [7, 11) is 0. The van der Waals surface area contributed by atoms with Crippen molar-refractivity contribution in [2.45, 2.75) is 57.8 Å². The summed E-state index contributed by atoms with van der Waals surface area (Å²) in [6, 6.07) is 85.4. The Bertz CT molecular complexity index is 4300. The van der Waals surface area contributed by atoms with Gasteiger partial charge in [0.2, 0.25) is 0 Å². The number of rotatable bonds is 5. The first-order chi connectivity index (χ1) is 36.0. The monoisotopic (exact) mass is 945 g/mol. The van der Waals surface area contributed by atoms with Crippen LogP contribution in [0.1, 0.15) is 74.9 Å². The van der Waals surface area contributed by atoms with Crippen LogP contribution in [0, 0.1) is 0 Å². The van der Waals surface area contributed by atoms with E-state index in [1.807, 2.05) is 0 Å². The predicted octanol–water partition coefficient (Wildman–Crippen LogP) is 20.0. The fourth-order valence-electron chi connectivity index (χ4n) is 14.2. The third kappa shape index (κ3) is 5.93. The predicted molar refractivity (Wildman–Crippen MR) is 315 cm³/mol. The van der Waals surface area contributed by atoms with E-state index in [4.69, 9.17) is 0 Å². The van der Waals surface area contributed by atoms with Gasteiger partial charge in [-0.15, -0.1) is 0 Å². The van der Waals surface area contributed by atoms with Gasteiger partial charge in [0.1, 0.15) is 0 Å². The summed E-state index contributed by atoms with van der Waals surface area (Å²) in [5.74, 6) is 0. The van der Waals surface area contributed by atoms with Crippen LogP contribution < -0.4 is 4.90 Å². The van der Waals surface area contributed by atoms with Crippen molar-refractivity contribution in [1.29, 1.82) is 0 Å². The van der Waals surface area contributed by atoms with E-state index < -0.39 is 0 Å². The highest BCUT2D eigenvalue weighted by Crippen LogP contribution is 2.56. The highest BCUT2D eigenvalue weighted by atomic mass is 15.1. The molecule has 0 saturated heterocycles. The Labute approximate surface area is 434 Å². The third-order valence-electron chi connectivity index (χ3n) is 17.8. The van der Waals surface area contributed by atoms with E-state index >= 15 is 0 Å². The maximum Gasteiger partial charge on any atom is 0.0468 e. The van der Waals surface area contributed by atoms with E-state index in [0.29, 0.717) is 0 Å². The van der Waals surface area contributed by atoms with Gasteiger partial charge in [-0.25, -0.2) is 0 Å². The molecule has 12 aromatic rings. The van der Waals surface area contributed by atoms with E-state index in [1.54, 1.807) is 0 Å². The number of anilines is 3. The molecule has 3 aliphatic rings. The minimum absolute atomic E-state index is 0.128. The first-order valence-electron chi connectivity index (χ1n) is 26.4. The molecule has 0 aromatic heterocycles. The fraction of sp³-hybridized carbons (Fsp3) is 0.123. The molecule has 0 unspecified atom stereocenters. The summed E-state index contributed by atoms with van der Waals surface area (Å²) in [5.41, 5.74) is 24.5. The van der Waals surface area contributed by atoms with E-state index in [2.05, 4.69) is 271 Å². The van der Waals surface area contributed by atoms with Crippen molar-refractivity contribution in [1.82, 2.24) is 0 Å². The summed E-state index contributed by atoms with van der Waals surface area (Å²) in [5, 5.41) is 10.0. The van der Waals surface area contributed by atoms with Crippen LogP contribution in [-0.2, 0) is 16.2 Å². The quantitative estimate of drug-likeness (QED) is 0.155. The van der Waals surface area contributed by atoms with Crippen molar-refractivity contribution in [3.05, 3.63) is 258 Å². The molecule has 0 N–H and O–H groups in total. The molecule has 0 spiro atoms. The lowest BCUT2D eigenvalue weighted by atomic mass is 9.76. The van der Waals surface area contributed by atoms with Crippen LogP contribution in [0.3, 0.4) is 0 Å². The molecule has 0 fully saturated rings. The van der Waals surface area contributed by atoms with Crippen LogP contribution in [0.2, 0.25) is 0 Å². The largest absolute Gasteiger partial charge is 0.310 e. The fourth-order valence-corrected chi connectivity index (χ4v) is 14.2. The van der Waals surface area contributed by atoms with Crippen LogP contribution in [0.5, 0.6) is 0 Å². The average molecular weight is 946 g/mol. The minimum Gasteiger partial charge on any atom is -0.310 e. The second-order valence-electron chi connectivity index (χ2n) is 22.8.